The molecule has 0 aromatic carbocycles. The highest BCUT2D eigenvalue weighted by molar-refractivity contribution is 5.95. The average Bonchev–Trinajstić information content (AvgIpc) is 2.58. The van der Waals surface area contributed by atoms with E-state index < -0.39 is 0 Å². The topological polar surface area (TPSA) is 57.8 Å². The summed E-state index contributed by atoms with van der Waals surface area (Å²) in [6.07, 6.45) is 4.89. The zero-order valence-corrected chi connectivity index (χ0v) is 12.6. The quantitative estimate of drug-likeness (QED) is 0.861. The Hall–Kier alpha value is -1.32. The summed E-state index contributed by atoms with van der Waals surface area (Å²) in [6.45, 7) is 11.0. The predicted octanol–water partition coefficient (Wildman–Crippen LogP) is 3.05. The van der Waals surface area contributed by atoms with Gasteiger partial charge in [-0.2, -0.15) is 5.10 Å². The van der Waals surface area contributed by atoms with E-state index in [-0.39, 0.29) is 22.8 Å². The molecule has 1 fully saturated rings. The van der Waals surface area contributed by atoms with Gasteiger partial charge < -0.3 is 5.32 Å². The molecule has 0 radical (unpaired) electrons. The van der Waals surface area contributed by atoms with Crippen molar-refractivity contribution in [3.63, 3.8) is 0 Å². The van der Waals surface area contributed by atoms with E-state index in [0.29, 0.717) is 5.56 Å². The number of amides is 1. The number of aromatic amines is 1. The van der Waals surface area contributed by atoms with Crippen molar-refractivity contribution < 1.29 is 4.79 Å². The molecule has 0 unspecified atom stereocenters. The van der Waals surface area contributed by atoms with E-state index in [9.17, 15) is 4.79 Å². The molecule has 1 saturated carbocycles. The molecule has 0 saturated heterocycles. The molecule has 19 heavy (non-hydrogen) atoms. The Bertz CT molecular complexity index is 457. The van der Waals surface area contributed by atoms with Gasteiger partial charge in [0.05, 0.1) is 11.8 Å². The van der Waals surface area contributed by atoms with Gasteiger partial charge in [0.2, 0.25) is 0 Å². The summed E-state index contributed by atoms with van der Waals surface area (Å²) >= 11 is 0. The molecule has 0 bridgehead atoms. The first kappa shape index (κ1) is 14.1. The number of nitrogens with zero attached hydrogens (tertiary/aromatic N) is 1. The Morgan fingerprint density at radius 2 is 1.89 bits per heavy atom. The molecule has 4 nitrogen and oxygen atoms in total. The van der Waals surface area contributed by atoms with E-state index in [1.165, 1.54) is 6.42 Å². The molecular weight excluding hydrogens is 238 g/mol. The van der Waals surface area contributed by atoms with Crippen LogP contribution < -0.4 is 5.32 Å². The molecule has 1 heterocycles. The first-order valence-corrected chi connectivity index (χ1v) is 6.99. The van der Waals surface area contributed by atoms with Crippen LogP contribution >= 0.6 is 0 Å². The lowest BCUT2D eigenvalue weighted by Gasteiger charge is -2.45. The molecule has 106 valence electrons. The van der Waals surface area contributed by atoms with E-state index in [1.54, 1.807) is 6.20 Å². The van der Waals surface area contributed by atoms with Gasteiger partial charge >= 0.3 is 0 Å². The third-order valence-electron chi connectivity index (χ3n) is 3.96. The van der Waals surface area contributed by atoms with E-state index in [2.05, 4.69) is 43.2 Å². The zero-order valence-electron chi connectivity index (χ0n) is 12.6. The Balaban J connectivity index is 2.07. The molecule has 0 aliphatic heterocycles. The highest BCUT2D eigenvalue weighted by atomic mass is 16.1. The van der Waals surface area contributed by atoms with Gasteiger partial charge in [0.1, 0.15) is 0 Å². The standard InChI is InChI=1S/C15H25N3O/c1-10-12(8-16-18-10)13(19)17-11-6-14(2,3)9-15(4,5)7-11/h8,11H,6-7,9H2,1-5H3,(H,16,18)(H,17,19). The molecule has 4 heteroatoms. The van der Waals surface area contributed by atoms with E-state index >= 15 is 0 Å². The molecule has 1 aromatic rings. The number of hydrogen-bond acceptors (Lipinski definition) is 2. The van der Waals surface area contributed by atoms with Crippen molar-refractivity contribution in [2.24, 2.45) is 10.8 Å². The number of hydrogen-bond donors (Lipinski definition) is 2. The van der Waals surface area contributed by atoms with Crippen molar-refractivity contribution in [1.82, 2.24) is 15.5 Å². The summed E-state index contributed by atoms with van der Waals surface area (Å²) in [6, 6.07) is 0.251. The first-order valence-electron chi connectivity index (χ1n) is 6.99. The third-order valence-corrected chi connectivity index (χ3v) is 3.96. The minimum Gasteiger partial charge on any atom is -0.349 e. The Morgan fingerprint density at radius 1 is 1.32 bits per heavy atom. The molecule has 1 aliphatic carbocycles. The normalized spacial score (nSPS) is 22.2. The van der Waals surface area contributed by atoms with Crippen LogP contribution in [-0.4, -0.2) is 22.1 Å². The van der Waals surface area contributed by atoms with E-state index in [4.69, 9.17) is 0 Å². The van der Waals surface area contributed by atoms with Gasteiger partial charge in [-0.25, -0.2) is 0 Å². The van der Waals surface area contributed by atoms with Gasteiger partial charge in [-0.05, 0) is 37.0 Å². The third kappa shape index (κ3) is 3.37. The van der Waals surface area contributed by atoms with Crippen molar-refractivity contribution in [3.8, 4) is 0 Å². The maximum absolute atomic E-state index is 12.2. The summed E-state index contributed by atoms with van der Waals surface area (Å²) in [4.78, 5) is 12.2. The van der Waals surface area contributed by atoms with Gasteiger partial charge in [-0.15, -0.1) is 0 Å². The zero-order chi connectivity index (χ0) is 14.3. The number of aromatic nitrogens is 2. The van der Waals surface area contributed by atoms with Crippen LogP contribution in [0.25, 0.3) is 0 Å². The van der Waals surface area contributed by atoms with Crippen molar-refractivity contribution in [2.45, 2.75) is 59.9 Å². The largest absolute Gasteiger partial charge is 0.349 e. The molecule has 1 aromatic heterocycles. The number of aryl methyl sites for hydroxylation is 1. The maximum atomic E-state index is 12.2. The minimum atomic E-state index is -0.00949. The van der Waals surface area contributed by atoms with Gasteiger partial charge in [-0.1, -0.05) is 27.7 Å². The Kier molecular flexibility index (Phi) is 3.45. The molecule has 0 atom stereocenters. The Morgan fingerprint density at radius 3 is 2.37 bits per heavy atom. The highest BCUT2D eigenvalue weighted by Gasteiger charge is 2.39. The average molecular weight is 263 g/mol. The minimum absolute atomic E-state index is 0.00949. The molecule has 2 rings (SSSR count). The number of carbonyl (C=O) groups excluding carboxylic acids is 1. The summed E-state index contributed by atoms with van der Waals surface area (Å²) in [5.41, 5.74) is 2.05. The maximum Gasteiger partial charge on any atom is 0.254 e. The van der Waals surface area contributed by atoms with Crippen molar-refractivity contribution in [2.75, 3.05) is 0 Å². The molecule has 0 spiro atoms. The molecule has 2 N–H and O–H groups in total. The SMILES string of the molecule is Cc1[nH]ncc1C(=O)NC1CC(C)(C)CC(C)(C)C1. The van der Waals surface area contributed by atoms with Crippen molar-refractivity contribution >= 4 is 5.91 Å². The smallest absolute Gasteiger partial charge is 0.254 e. The second-order valence-electron chi connectivity index (χ2n) is 7.49. The van der Waals surface area contributed by atoms with Gasteiger partial charge in [0, 0.05) is 11.7 Å². The fourth-order valence-electron chi connectivity index (χ4n) is 3.79. The lowest BCUT2D eigenvalue weighted by Crippen LogP contribution is -2.46. The van der Waals surface area contributed by atoms with E-state index in [0.717, 1.165) is 18.5 Å². The summed E-state index contributed by atoms with van der Waals surface area (Å²) in [5.74, 6) is -0.00949. The lowest BCUT2D eigenvalue weighted by atomic mass is 9.63. The summed E-state index contributed by atoms with van der Waals surface area (Å²) < 4.78 is 0. The number of carbonyl (C=O) groups is 1. The second-order valence-corrected chi connectivity index (χ2v) is 7.49. The van der Waals surface area contributed by atoms with Gasteiger partial charge in [-0.3, -0.25) is 9.89 Å². The van der Waals surface area contributed by atoms with Crippen LogP contribution in [0.4, 0.5) is 0 Å². The summed E-state index contributed by atoms with van der Waals surface area (Å²) in [5, 5.41) is 9.89. The lowest BCUT2D eigenvalue weighted by molar-refractivity contribution is 0.0713. The van der Waals surface area contributed by atoms with Gasteiger partial charge in [0.25, 0.3) is 5.91 Å². The number of H-pyrrole nitrogens is 1. The molecular formula is C15H25N3O. The predicted molar refractivity (Wildman–Crippen MR) is 76.0 cm³/mol. The summed E-state index contributed by atoms with van der Waals surface area (Å²) in [7, 11) is 0. The first-order chi connectivity index (χ1) is 8.69. The monoisotopic (exact) mass is 263 g/mol. The van der Waals surface area contributed by atoms with Crippen LogP contribution in [0.1, 0.15) is 63.0 Å². The number of rotatable bonds is 2. The van der Waals surface area contributed by atoms with Crippen LogP contribution in [-0.2, 0) is 0 Å². The highest BCUT2D eigenvalue weighted by Crippen LogP contribution is 2.45. The van der Waals surface area contributed by atoms with Crippen LogP contribution in [0.2, 0.25) is 0 Å². The van der Waals surface area contributed by atoms with Crippen LogP contribution in [0.5, 0.6) is 0 Å². The van der Waals surface area contributed by atoms with Crippen LogP contribution in [0, 0.1) is 17.8 Å². The van der Waals surface area contributed by atoms with Gasteiger partial charge in [0.15, 0.2) is 0 Å². The fraction of sp³-hybridized carbons (Fsp3) is 0.733. The van der Waals surface area contributed by atoms with E-state index in [1.807, 2.05) is 6.92 Å². The molecule has 1 aliphatic rings. The number of nitrogens with one attached hydrogen (secondary N) is 2. The van der Waals surface area contributed by atoms with Crippen LogP contribution in [0.3, 0.4) is 0 Å². The van der Waals surface area contributed by atoms with Crippen molar-refractivity contribution in [1.29, 1.82) is 0 Å². The second kappa shape index (κ2) is 4.66. The van der Waals surface area contributed by atoms with Crippen molar-refractivity contribution in [3.05, 3.63) is 17.5 Å². The Labute approximate surface area is 115 Å². The molecule has 1 amide bonds. The van der Waals surface area contributed by atoms with Crippen LogP contribution in [0.15, 0.2) is 6.20 Å². The fourth-order valence-corrected chi connectivity index (χ4v) is 3.79.